The Balaban J connectivity index is 3.00. The molecular weight excluding hydrogens is 202 g/mol. The van der Waals surface area contributed by atoms with Crippen molar-refractivity contribution in [1.29, 1.82) is 0 Å². The molecule has 0 fully saturated rings. The summed E-state index contributed by atoms with van der Waals surface area (Å²) in [6.45, 7) is 4.92. The average Bonchev–Trinajstić information content (AvgIpc) is 2.45. The molecule has 78 valence electrons. The van der Waals surface area contributed by atoms with E-state index in [1.807, 2.05) is 4.57 Å². The molecule has 0 aliphatic heterocycles. The van der Waals surface area contributed by atoms with Crippen molar-refractivity contribution in [3.05, 3.63) is 23.0 Å². The molecule has 0 N–H and O–H groups in total. The van der Waals surface area contributed by atoms with E-state index < -0.39 is 0 Å². The third-order valence-electron chi connectivity index (χ3n) is 1.85. The zero-order valence-corrected chi connectivity index (χ0v) is 9.34. The maximum Gasteiger partial charge on any atom is 0.356 e. The molecule has 1 aromatic heterocycles. The fourth-order valence-corrected chi connectivity index (χ4v) is 1.55. The predicted molar refractivity (Wildman–Crippen MR) is 55.6 cm³/mol. The van der Waals surface area contributed by atoms with E-state index in [0.29, 0.717) is 16.6 Å². The fraction of sp³-hybridized carbons (Fsp3) is 0.500. The molecule has 1 heterocycles. The fourth-order valence-electron chi connectivity index (χ4n) is 1.30. The Labute approximate surface area is 88.6 Å². The summed E-state index contributed by atoms with van der Waals surface area (Å²) in [7, 11) is 1.35. The van der Waals surface area contributed by atoms with E-state index in [2.05, 4.69) is 18.6 Å². The van der Waals surface area contributed by atoms with Crippen LogP contribution in [0, 0.1) is 5.92 Å². The number of hydrogen-bond acceptors (Lipinski definition) is 2. The third kappa shape index (κ3) is 2.29. The van der Waals surface area contributed by atoms with Gasteiger partial charge in [0.05, 0.1) is 12.1 Å². The summed E-state index contributed by atoms with van der Waals surface area (Å²) < 4.78 is 6.47. The van der Waals surface area contributed by atoms with Crippen LogP contribution in [0.2, 0.25) is 5.02 Å². The molecule has 4 heteroatoms. The van der Waals surface area contributed by atoms with Gasteiger partial charge in [0, 0.05) is 12.7 Å². The standard InChI is InChI=1S/C10H14ClNO2/c1-7(2)6-12-5-4-8(11)9(12)10(13)14-3/h4-5,7H,6H2,1-3H3. The number of ether oxygens (including phenoxy) is 1. The van der Waals surface area contributed by atoms with Crippen molar-refractivity contribution in [1.82, 2.24) is 4.57 Å². The summed E-state index contributed by atoms with van der Waals surface area (Å²) in [4.78, 5) is 11.4. The Morgan fingerprint density at radius 3 is 2.79 bits per heavy atom. The van der Waals surface area contributed by atoms with Crippen molar-refractivity contribution >= 4 is 17.6 Å². The first kappa shape index (κ1) is 11.1. The van der Waals surface area contributed by atoms with Gasteiger partial charge >= 0.3 is 5.97 Å². The largest absolute Gasteiger partial charge is 0.464 e. The number of aromatic nitrogens is 1. The molecule has 0 amide bonds. The number of hydrogen-bond donors (Lipinski definition) is 0. The summed E-state index contributed by atoms with van der Waals surface area (Å²) in [5.74, 6) is 0.0718. The molecule has 0 saturated heterocycles. The molecule has 0 bridgehead atoms. The topological polar surface area (TPSA) is 31.2 Å². The van der Waals surface area contributed by atoms with Crippen LogP contribution < -0.4 is 0 Å². The quantitative estimate of drug-likeness (QED) is 0.726. The molecule has 0 aliphatic rings. The number of methoxy groups -OCH3 is 1. The second kappa shape index (κ2) is 4.51. The number of carbonyl (C=O) groups excluding carboxylic acids is 1. The van der Waals surface area contributed by atoms with E-state index in [9.17, 15) is 4.79 Å². The Bertz CT molecular complexity index is 331. The summed E-state index contributed by atoms with van der Waals surface area (Å²) in [5.41, 5.74) is 0.433. The molecule has 0 unspecified atom stereocenters. The minimum absolute atomic E-state index is 0.388. The van der Waals surface area contributed by atoms with Crippen molar-refractivity contribution < 1.29 is 9.53 Å². The molecule has 14 heavy (non-hydrogen) atoms. The van der Waals surface area contributed by atoms with E-state index in [-0.39, 0.29) is 5.97 Å². The number of carbonyl (C=O) groups is 1. The summed E-state index contributed by atoms with van der Waals surface area (Å²) in [5, 5.41) is 0.442. The van der Waals surface area contributed by atoms with Gasteiger partial charge in [0.25, 0.3) is 0 Å². The Morgan fingerprint density at radius 1 is 1.64 bits per heavy atom. The average molecular weight is 216 g/mol. The van der Waals surface area contributed by atoms with Crippen LogP contribution in [-0.4, -0.2) is 17.6 Å². The lowest BCUT2D eigenvalue weighted by Crippen LogP contribution is -2.13. The van der Waals surface area contributed by atoms with Crippen LogP contribution in [0.4, 0.5) is 0 Å². The van der Waals surface area contributed by atoms with Crippen molar-refractivity contribution in [2.24, 2.45) is 5.92 Å². The lowest BCUT2D eigenvalue weighted by Gasteiger charge is -2.10. The molecule has 0 atom stereocenters. The van der Waals surface area contributed by atoms with Gasteiger partial charge in [-0.25, -0.2) is 4.79 Å². The molecule has 0 aromatic carbocycles. The molecule has 0 saturated carbocycles. The summed E-state index contributed by atoms with van der Waals surface area (Å²) in [6.07, 6.45) is 1.80. The normalized spacial score (nSPS) is 10.6. The van der Waals surface area contributed by atoms with Gasteiger partial charge in [-0.3, -0.25) is 0 Å². The molecule has 0 aliphatic carbocycles. The number of rotatable bonds is 3. The molecule has 0 radical (unpaired) electrons. The third-order valence-corrected chi connectivity index (χ3v) is 2.16. The van der Waals surface area contributed by atoms with Crippen molar-refractivity contribution in [2.75, 3.05) is 7.11 Å². The van der Waals surface area contributed by atoms with Crippen LogP contribution in [0.1, 0.15) is 24.3 Å². The van der Waals surface area contributed by atoms with Gasteiger partial charge in [-0.05, 0) is 12.0 Å². The van der Waals surface area contributed by atoms with Crippen LogP contribution in [0.25, 0.3) is 0 Å². The lowest BCUT2D eigenvalue weighted by atomic mass is 10.2. The van der Waals surface area contributed by atoms with Crippen LogP contribution in [0.3, 0.4) is 0 Å². The highest BCUT2D eigenvalue weighted by atomic mass is 35.5. The van der Waals surface area contributed by atoms with Crippen LogP contribution >= 0.6 is 11.6 Å². The van der Waals surface area contributed by atoms with E-state index in [4.69, 9.17) is 11.6 Å². The van der Waals surface area contributed by atoms with Gasteiger partial charge in [-0.1, -0.05) is 25.4 Å². The van der Waals surface area contributed by atoms with Crippen LogP contribution in [0.15, 0.2) is 12.3 Å². The first-order chi connectivity index (χ1) is 6.56. The number of nitrogens with zero attached hydrogens (tertiary/aromatic N) is 1. The minimum atomic E-state index is -0.388. The van der Waals surface area contributed by atoms with Gasteiger partial charge < -0.3 is 9.30 Å². The van der Waals surface area contributed by atoms with E-state index >= 15 is 0 Å². The van der Waals surface area contributed by atoms with Gasteiger partial charge in [-0.15, -0.1) is 0 Å². The van der Waals surface area contributed by atoms with Crippen LogP contribution in [-0.2, 0) is 11.3 Å². The van der Waals surface area contributed by atoms with E-state index in [0.717, 1.165) is 6.54 Å². The number of halogens is 1. The second-order valence-electron chi connectivity index (χ2n) is 3.55. The van der Waals surface area contributed by atoms with Gasteiger partial charge in [0.1, 0.15) is 5.69 Å². The van der Waals surface area contributed by atoms with Crippen molar-refractivity contribution in [2.45, 2.75) is 20.4 Å². The predicted octanol–water partition coefficient (Wildman–Crippen LogP) is 2.58. The first-order valence-corrected chi connectivity index (χ1v) is 4.87. The smallest absolute Gasteiger partial charge is 0.356 e. The SMILES string of the molecule is COC(=O)c1c(Cl)ccn1CC(C)C. The zero-order valence-electron chi connectivity index (χ0n) is 8.58. The Kier molecular flexibility index (Phi) is 3.58. The molecule has 1 rings (SSSR count). The van der Waals surface area contributed by atoms with E-state index in [1.54, 1.807) is 12.3 Å². The maximum absolute atomic E-state index is 11.4. The Morgan fingerprint density at radius 2 is 2.29 bits per heavy atom. The van der Waals surface area contributed by atoms with Gasteiger partial charge in [0.15, 0.2) is 0 Å². The van der Waals surface area contributed by atoms with Crippen molar-refractivity contribution in [3.63, 3.8) is 0 Å². The highest BCUT2D eigenvalue weighted by Gasteiger charge is 2.16. The highest BCUT2D eigenvalue weighted by Crippen LogP contribution is 2.19. The Hall–Kier alpha value is -0.960. The molecule has 1 aromatic rings. The molecule has 3 nitrogen and oxygen atoms in total. The highest BCUT2D eigenvalue weighted by molar-refractivity contribution is 6.33. The lowest BCUT2D eigenvalue weighted by molar-refractivity contribution is 0.0588. The van der Waals surface area contributed by atoms with Crippen molar-refractivity contribution in [3.8, 4) is 0 Å². The second-order valence-corrected chi connectivity index (χ2v) is 3.96. The molecular formula is C10H14ClNO2. The zero-order chi connectivity index (χ0) is 10.7. The van der Waals surface area contributed by atoms with Gasteiger partial charge in [-0.2, -0.15) is 0 Å². The van der Waals surface area contributed by atoms with E-state index in [1.165, 1.54) is 7.11 Å². The molecule has 0 spiro atoms. The maximum atomic E-state index is 11.4. The monoisotopic (exact) mass is 215 g/mol. The van der Waals surface area contributed by atoms with Gasteiger partial charge in [0.2, 0.25) is 0 Å². The minimum Gasteiger partial charge on any atom is -0.464 e. The summed E-state index contributed by atoms with van der Waals surface area (Å²) in [6, 6.07) is 1.70. The summed E-state index contributed by atoms with van der Waals surface area (Å²) >= 11 is 5.88. The number of esters is 1. The van der Waals surface area contributed by atoms with Crippen LogP contribution in [0.5, 0.6) is 0 Å². The first-order valence-electron chi connectivity index (χ1n) is 4.49.